The Morgan fingerprint density at radius 2 is 1.00 bits per heavy atom. The van der Waals surface area contributed by atoms with Crippen LogP contribution in [0.3, 0.4) is 0 Å². The Morgan fingerprint density at radius 1 is 0.579 bits per heavy atom. The van der Waals surface area contributed by atoms with Gasteiger partial charge >= 0.3 is 0 Å². The third-order valence-electron chi connectivity index (χ3n) is 3.46. The first-order chi connectivity index (χ1) is 7.77. The van der Waals surface area contributed by atoms with E-state index in [0.29, 0.717) is 0 Å². The highest BCUT2D eigenvalue weighted by atomic mass is 79.9. The van der Waals surface area contributed by atoms with Crippen molar-refractivity contribution in [1.29, 1.82) is 0 Å². The topological polar surface area (TPSA) is 0 Å². The molecule has 0 aliphatic rings. The molecule has 0 unspecified atom stereocenters. The molecule has 0 spiro atoms. The van der Waals surface area contributed by atoms with Crippen molar-refractivity contribution >= 4 is 0 Å². The molecule has 0 bridgehead atoms. The highest BCUT2D eigenvalue weighted by Crippen LogP contribution is 2.08. The van der Waals surface area contributed by atoms with Crippen LogP contribution in [-0.2, 0) is 0 Å². The lowest BCUT2D eigenvalue weighted by atomic mass is 10.1. The first-order valence-electron chi connectivity index (χ1n) is 7.39. The summed E-state index contributed by atoms with van der Waals surface area (Å²) < 4.78 is 2.32. The van der Waals surface area contributed by atoms with E-state index in [4.69, 9.17) is 0 Å². The van der Waals surface area contributed by atoms with Gasteiger partial charge in [0.2, 0.25) is 0 Å². The highest BCUT2D eigenvalue weighted by molar-refractivity contribution is 4.44. The average Bonchev–Trinajstić information content (AvgIpc) is 2.19. The van der Waals surface area contributed by atoms with Crippen molar-refractivity contribution in [2.45, 2.75) is 45.4 Å². The predicted octanol–water partition coefficient (Wildman–Crippen LogP) is -2.86. The molecule has 0 aliphatic carbocycles. The number of quaternary nitrogens is 2. The van der Waals surface area contributed by atoms with Crippen molar-refractivity contribution in [3.05, 3.63) is 0 Å². The second kappa shape index (κ2) is 12.6. The number of hydrogen-bond donors (Lipinski definition) is 0. The smallest absolute Gasteiger partial charge is 0.0782 e. The van der Waals surface area contributed by atoms with Crippen LogP contribution >= 0.6 is 0 Å². The summed E-state index contributed by atoms with van der Waals surface area (Å²) in [7, 11) is 11.6. The van der Waals surface area contributed by atoms with Gasteiger partial charge in [0.25, 0.3) is 0 Å². The molecule has 0 rings (SSSR count). The van der Waals surface area contributed by atoms with E-state index in [1.165, 1.54) is 62.6 Å². The summed E-state index contributed by atoms with van der Waals surface area (Å²) in [4.78, 5) is 0. The number of hydrogen-bond acceptors (Lipinski definition) is 0. The minimum absolute atomic E-state index is 0. The molecule has 0 amide bonds. The summed E-state index contributed by atoms with van der Waals surface area (Å²) >= 11 is 0. The molecule has 0 radical (unpaired) electrons. The van der Waals surface area contributed by atoms with E-state index in [1.807, 2.05) is 0 Å². The zero-order valence-electron chi connectivity index (χ0n) is 14.0. The zero-order valence-corrected chi connectivity index (χ0v) is 17.2. The van der Waals surface area contributed by atoms with Crippen LogP contribution in [-0.4, -0.2) is 63.8 Å². The molecule has 0 aromatic heterocycles. The normalized spacial score (nSPS) is 11.7. The molecule has 19 heavy (non-hydrogen) atoms. The van der Waals surface area contributed by atoms with Gasteiger partial charge in [-0.1, -0.05) is 13.3 Å². The number of halogens is 2. The molecule has 4 heteroatoms. The monoisotopic (exact) mass is 402 g/mol. The Morgan fingerprint density at radius 3 is 1.42 bits per heavy atom. The average molecular weight is 404 g/mol. The van der Waals surface area contributed by atoms with Crippen molar-refractivity contribution in [2.24, 2.45) is 0 Å². The third-order valence-corrected chi connectivity index (χ3v) is 3.46. The summed E-state index contributed by atoms with van der Waals surface area (Å²) in [5.74, 6) is 0. The van der Waals surface area contributed by atoms with Gasteiger partial charge in [-0.3, -0.25) is 0 Å². The second-order valence-electron chi connectivity index (χ2n) is 7.16. The lowest BCUT2D eigenvalue weighted by Gasteiger charge is -2.29. The summed E-state index contributed by atoms with van der Waals surface area (Å²) in [6, 6.07) is 0. The van der Waals surface area contributed by atoms with Gasteiger partial charge in [-0.15, -0.1) is 0 Å². The van der Waals surface area contributed by atoms with E-state index in [-0.39, 0.29) is 34.0 Å². The minimum atomic E-state index is 0. The molecule has 0 aromatic rings. The van der Waals surface area contributed by atoms with Crippen LogP contribution in [0.5, 0.6) is 0 Å². The Balaban J connectivity index is -0.00000128. The minimum Gasteiger partial charge on any atom is -1.00 e. The predicted molar refractivity (Wildman–Crippen MR) is 78.1 cm³/mol. The van der Waals surface area contributed by atoms with Crippen molar-refractivity contribution in [2.75, 3.05) is 54.9 Å². The van der Waals surface area contributed by atoms with Crippen LogP contribution in [0.4, 0.5) is 0 Å². The Hall–Kier alpha value is 0.880. The van der Waals surface area contributed by atoms with Crippen LogP contribution in [0.25, 0.3) is 0 Å². The van der Waals surface area contributed by atoms with E-state index < -0.39 is 0 Å². The van der Waals surface area contributed by atoms with Gasteiger partial charge in [0.05, 0.1) is 54.9 Å². The van der Waals surface area contributed by atoms with Gasteiger partial charge in [-0.2, -0.15) is 0 Å². The maximum Gasteiger partial charge on any atom is 0.0782 e. The van der Waals surface area contributed by atoms with Gasteiger partial charge < -0.3 is 42.9 Å². The molecule has 0 fully saturated rings. The number of rotatable bonds is 10. The van der Waals surface area contributed by atoms with Gasteiger partial charge in [0.15, 0.2) is 0 Å². The van der Waals surface area contributed by atoms with Gasteiger partial charge in [0, 0.05) is 0 Å². The molecule has 2 nitrogen and oxygen atoms in total. The van der Waals surface area contributed by atoms with Crippen molar-refractivity contribution in [3.8, 4) is 0 Å². The van der Waals surface area contributed by atoms with Crippen LogP contribution < -0.4 is 34.0 Å². The molecule has 0 atom stereocenters. The third kappa shape index (κ3) is 18.9. The summed E-state index contributed by atoms with van der Waals surface area (Å²) in [5, 5.41) is 0. The lowest BCUT2D eigenvalue weighted by Crippen LogP contribution is -3.00. The second-order valence-corrected chi connectivity index (χ2v) is 7.16. The largest absolute Gasteiger partial charge is 1.00 e. The van der Waals surface area contributed by atoms with E-state index in [1.54, 1.807) is 0 Å². The van der Waals surface area contributed by atoms with Gasteiger partial charge in [0.1, 0.15) is 0 Å². The Kier molecular flexibility index (Phi) is 16.5. The Labute approximate surface area is 143 Å². The summed E-state index contributed by atoms with van der Waals surface area (Å²) in [5.41, 5.74) is 0. The van der Waals surface area contributed by atoms with E-state index in [9.17, 15) is 0 Å². The molecular formula is C15H36Br2N2. The van der Waals surface area contributed by atoms with Crippen LogP contribution in [0.15, 0.2) is 0 Å². The molecule has 0 heterocycles. The van der Waals surface area contributed by atoms with Crippen LogP contribution in [0.2, 0.25) is 0 Å². The fourth-order valence-electron chi connectivity index (χ4n) is 2.18. The van der Waals surface area contributed by atoms with E-state index in [2.05, 4.69) is 42.2 Å². The first-order valence-corrected chi connectivity index (χ1v) is 7.39. The van der Waals surface area contributed by atoms with Crippen LogP contribution in [0.1, 0.15) is 45.4 Å². The van der Waals surface area contributed by atoms with Gasteiger partial charge in [-0.25, -0.2) is 0 Å². The summed E-state index contributed by atoms with van der Waals surface area (Å²) in [6.07, 6.45) is 8.29. The van der Waals surface area contributed by atoms with Gasteiger partial charge in [-0.05, 0) is 32.1 Å². The SMILES string of the molecule is CCCC[N+](C)(C)CCCCCC[N+](C)(C)C.[Br-].[Br-]. The fraction of sp³-hybridized carbons (Fsp3) is 1.00. The standard InChI is InChI=1S/C15H36N2.2BrH/c1-7-8-14-17(5,6)15-12-10-9-11-13-16(2,3)4;;/h7-15H2,1-6H3;2*1H/q+2;;/p-2. The van der Waals surface area contributed by atoms with E-state index >= 15 is 0 Å². The maximum atomic E-state index is 2.38. The summed E-state index contributed by atoms with van der Waals surface area (Å²) in [6.45, 7) is 6.29. The zero-order chi connectivity index (χ0) is 13.4. The van der Waals surface area contributed by atoms with Crippen molar-refractivity contribution < 1.29 is 42.9 Å². The molecule has 0 N–H and O–H groups in total. The first kappa shape index (κ1) is 24.9. The van der Waals surface area contributed by atoms with Crippen molar-refractivity contribution in [1.82, 2.24) is 0 Å². The molecule has 0 saturated heterocycles. The Bertz CT molecular complexity index is 189. The fourth-order valence-corrected chi connectivity index (χ4v) is 2.18. The number of nitrogens with zero attached hydrogens (tertiary/aromatic N) is 2. The van der Waals surface area contributed by atoms with Crippen molar-refractivity contribution in [3.63, 3.8) is 0 Å². The molecule has 0 saturated carbocycles. The molecular weight excluding hydrogens is 368 g/mol. The molecule has 0 aliphatic heterocycles. The quantitative estimate of drug-likeness (QED) is 0.272. The van der Waals surface area contributed by atoms with Crippen LogP contribution in [0, 0.1) is 0 Å². The maximum absolute atomic E-state index is 2.38. The molecule has 120 valence electrons. The highest BCUT2D eigenvalue weighted by Gasteiger charge is 2.13. The lowest BCUT2D eigenvalue weighted by molar-refractivity contribution is -0.890. The molecule has 0 aromatic carbocycles. The van der Waals surface area contributed by atoms with E-state index in [0.717, 1.165) is 4.48 Å². The number of unbranched alkanes of at least 4 members (excludes halogenated alkanes) is 4.